The fourth-order valence-corrected chi connectivity index (χ4v) is 5.36. The van der Waals surface area contributed by atoms with Gasteiger partial charge in [-0.2, -0.15) is 0 Å². The van der Waals surface area contributed by atoms with Gasteiger partial charge >= 0.3 is 11.9 Å². The lowest BCUT2D eigenvalue weighted by Gasteiger charge is -2.28. The molecule has 0 saturated carbocycles. The summed E-state index contributed by atoms with van der Waals surface area (Å²) in [6.45, 7) is 1.84. The first kappa shape index (κ1) is 20.4. The second-order valence-corrected chi connectivity index (χ2v) is 8.48. The highest BCUT2D eigenvalue weighted by atomic mass is 31.2. The third-order valence-corrected chi connectivity index (χ3v) is 6.51. The number of aliphatic carboxylic acids is 2. The first-order valence-electron chi connectivity index (χ1n) is 8.08. The van der Waals surface area contributed by atoms with Gasteiger partial charge in [0.2, 0.25) is 7.37 Å². The third kappa shape index (κ3) is 6.46. The van der Waals surface area contributed by atoms with Crippen LogP contribution in [0.5, 0.6) is 0 Å². The minimum absolute atomic E-state index is 0.0682. The highest BCUT2D eigenvalue weighted by molar-refractivity contribution is 7.58. The van der Waals surface area contributed by atoms with Crippen LogP contribution < -0.4 is 0 Å². The van der Waals surface area contributed by atoms with Gasteiger partial charge in [0.15, 0.2) is 0 Å². The Labute approximate surface area is 142 Å². The Morgan fingerprint density at radius 2 is 1.75 bits per heavy atom. The molecule has 0 amide bonds. The summed E-state index contributed by atoms with van der Waals surface area (Å²) in [7, 11) is -3.74. The summed E-state index contributed by atoms with van der Waals surface area (Å²) in [6, 6.07) is 8.83. The number of hydrogen-bond acceptors (Lipinski definition) is 3. The fourth-order valence-electron chi connectivity index (χ4n) is 2.90. The number of rotatable bonds is 11. The Bertz CT molecular complexity index is 586. The van der Waals surface area contributed by atoms with Crippen molar-refractivity contribution in [3.05, 3.63) is 35.9 Å². The van der Waals surface area contributed by atoms with Crippen LogP contribution in [0.2, 0.25) is 0 Å². The van der Waals surface area contributed by atoms with Crippen LogP contribution in [0.1, 0.15) is 44.6 Å². The number of carboxylic acids is 2. The second-order valence-electron chi connectivity index (χ2n) is 5.99. The van der Waals surface area contributed by atoms with Gasteiger partial charge in [0, 0.05) is 18.2 Å². The first-order valence-corrected chi connectivity index (χ1v) is 9.99. The maximum absolute atomic E-state index is 12.9. The SMILES string of the molecule is CCCC(C(CCCC(=O)O)C(=O)O)P(=O)(O)Cc1ccccc1. The minimum Gasteiger partial charge on any atom is -0.481 e. The van der Waals surface area contributed by atoms with Crippen LogP contribution in [0.25, 0.3) is 0 Å². The van der Waals surface area contributed by atoms with Gasteiger partial charge in [-0.1, -0.05) is 43.7 Å². The van der Waals surface area contributed by atoms with Gasteiger partial charge in [0.25, 0.3) is 0 Å². The summed E-state index contributed by atoms with van der Waals surface area (Å²) in [5.74, 6) is -3.15. The van der Waals surface area contributed by atoms with E-state index in [1.807, 2.05) is 6.92 Å². The molecule has 0 aliphatic carbocycles. The highest BCUT2D eigenvalue weighted by Crippen LogP contribution is 2.54. The Morgan fingerprint density at radius 3 is 2.25 bits per heavy atom. The molecular weight excluding hydrogens is 331 g/mol. The Morgan fingerprint density at radius 1 is 1.12 bits per heavy atom. The summed E-state index contributed by atoms with van der Waals surface area (Å²) < 4.78 is 12.9. The van der Waals surface area contributed by atoms with E-state index in [0.29, 0.717) is 18.4 Å². The normalized spacial score (nSPS) is 16.1. The molecule has 0 saturated heterocycles. The smallest absolute Gasteiger partial charge is 0.307 e. The van der Waals surface area contributed by atoms with Crippen molar-refractivity contribution in [2.75, 3.05) is 0 Å². The average Bonchev–Trinajstić information content (AvgIpc) is 2.49. The summed E-state index contributed by atoms with van der Waals surface area (Å²) in [5.41, 5.74) is -0.173. The molecule has 0 heterocycles. The van der Waals surface area contributed by atoms with Crippen molar-refractivity contribution in [2.24, 2.45) is 5.92 Å². The zero-order chi connectivity index (χ0) is 18.2. The van der Waals surface area contributed by atoms with E-state index < -0.39 is 30.9 Å². The van der Waals surface area contributed by atoms with Crippen LogP contribution in [0.4, 0.5) is 0 Å². The molecule has 134 valence electrons. The molecule has 0 aliphatic heterocycles. The molecule has 3 N–H and O–H groups in total. The molecule has 0 fully saturated rings. The topological polar surface area (TPSA) is 112 Å². The van der Waals surface area contributed by atoms with E-state index in [4.69, 9.17) is 5.11 Å². The lowest BCUT2D eigenvalue weighted by molar-refractivity contribution is -0.143. The van der Waals surface area contributed by atoms with E-state index in [9.17, 15) is 24.2 Å². The van der Waals surface area contributed by atoms with Gasteiger partial charge in [-0.15, -0.1) is 0 Å². The van der Waals surface area contributed by atoms with Crippen molar-refractivity contribution < 1.29 is 29.3 Å². The molecule has 0 aliphatic rings. The molecule has 1 rings (SSSR count). The zero-order valence-corrected chi connectivity index (χ0v) is 14.7. The molecule has 0 aromatic heterocycles. The Kier molecular flexibility index (Phi) is 8.16. The van der Waals surface area contributed by atoms with Gasteiger partial charge in [-0.25, -0.2) is 0 Å². The van der Waals surface area contributed by atoms with Crippen molar-refractivity contribution in [1.29, 1.82) is 0 Å². The largest absolute Gasteiger partial charge is 0.481 e. The van der Waals surface area contributed by atoms with Crippen LogP contribution in [0, 0.1) is 5.92 Å². The average molecular weight is 356 g/mol. The van der Waals surface area contributed by atoms with E-state index in [0.717, 1.165) is 0 Å². The molecule has 0 radical (unpaired) electrons. The predicted molar refractivity (Wildman–Crippen MR) is 91.3 cm³/mol. The maximum Gasteiger partial charge on any atom is 0.307 e. The van der Waals surface area contributed by atoms with Crippen molar-refractivity contribution in [1.82, 2.24) is 0 Å². The Hall–Kier alpha value is -1.65. The molecule has 24 heavy (non-hydrogen) atoms. The summed E-state index contributed by atoms with van der Waals surface area (Å²) in [4.78, 5) is 32.8. The van der Waals surface area contributed by atoms with Gasteiger partial charge in [-0.3, -0.25) is 14.2 Å². The molecule has 3 unspecified atom stereocenters. The van der Waals surface area contributed by atoms with E-state index in [1.54, 1.807) is 30.3 Å². The number of carboxylic acid groups (broad SMARTS) is 2. The monoisotopic (exact) mass is 356 g/mol. The maximum atomic E-state index is 12.9. The quantitative estimate of drug-likeness (QED) is 0.523. The second kappa shape index (κ2) is 9.60. The van der Waals surface area contributed by atoms with Crippen molar-refractivity contribution in [2.45, 2.75) is 50.8 Å². The minimum atomic E-state index is -3.74. The van der Waals surface area contributed by atoms with E-state index in [2.05, 4.69) is 0 Å². The predicted octanol–water partition coefficient (Wildman–Crippen LogP) is 3.58. The molecule has 1 aromatic carbocycles. The molecule has 6 nitrogen and oxygen atoms in total. The van der Waals surface area contributed by atoms with Crippen LogP contribution in [-0.4, -0.2) is 32.7 Å². The van der Waals surface area contributed by atoms with Gasteiger partial charge in [0.1, 0.15) is 0 Å². The van der Waals surface area contributed by atoms with Crippen molar-refractivity contribution in [3.8, 4) is 0 Å². The fraction of sp³-hybridized carbons (Fsp3) is 0.529. The molecule has 3 atom stereocenters. The molecule has 1 aromatic rings. The van der Waals surface area contributed by atoms with Crippen LogP contribution in [-0.2, 0) is 20.3 Å². The van der Waals surface area contributed by atoms with Crippen molar-refractivity contribution >= 4 is 19.3 Å². The van der Waals surface area contributed by atoms with E-state index >= 15 is 0 Å². The molecular formula is C17H25O6P. The standard InChI is InChI=1S/C17H25O6P/c1-2-7-15(14(17(20)21)10-6-11-16(18)19)24(22,23)12-13-8-4-3-5-9-13/h3-5,8-9,14-15H,2,6-7,10-12H2,1H3,(H,18,19)(H,20,21)(H,22,23). The third-order valence-electron chi connectivity index (χ3n) is 4.04. The van der Waals surface area contributed by atoms with Crippen molar-refractivity contribution in [3.63, 3.8) is 0 Å². The lowest BCUT2D eigenvalue weighted by atomic mass is 9.95. The summed E-state index contributed by atoms with van der Waals surface area (Å²) >= 11 is 0. The highest BCUT2D eigenvalue weighted by Gasteiger charge is 2.40. The van der Waals surface area contributed by atoms with Crippen LogP contribution in [0.3, 0.4) is 0 Å². The van der Waals surface area contributed by atoms with Crippen LogP contribution >= 0.6 is 7.37 Å². The van der Waals surface area contributed by atoms with Gasteiger partial charge in [0.05, 0.1) is 5.92 Å². The van der Waals surface area contributed by atoms with E-state index in [1.165, 1.54) is 0 Å². The molecule has 0 spiro atoms. The lowest BCUT2D eigenvalue weighted by Crippen LogP contribution is -2.29. The Balaban J connectivity index is 2.95. The van der Waals surface area contributed by atoms with E-state index in [-0.39, 0.29) is 25.4 Å². The molecule has 0 bridgehead atoms. The summed E-state index contributed by atoms with van der Waals surface area (Å²) in [6.07, 6.45) is 0.971. The number of benzene rings is 1. The number of hydrogen-bond donors (Lipinski definition) is 3. The number of carbonyl (C=O) groups is 2. The van der Waals surface area contributed by atoms with Gasteiger partial charge < -0.3 is 15.1 Å². The zero-order valence-electron chi connectivity index (χ0n) is 13.8. The van der Waals surface area contributed by atoms with Gasteiger partial charge in [-0.05, 0) is 24.8 Å². The summed E-state index contributed by atoms with van der Waals surface area (Å²) in [5, 5.41) is 18.2. The van der Waals surface area contributed by atoms with Crippen LogP contribution in [0.15, 0.2) is 30.3 Å². The first-order chi connectivity index (χ1) is 11.3. The molecule has 7 heteroatoms.